The number of ether oxygens (including phenoxy) is 1. The zero-order valence-electron chi connectivity index (χ0n) is 13.4. The SMILES string of the molecule is CC(=O)C(CCCc1ccccc1)C(=O)OCc1ccccc1. The van der Waals surface area contributed by atoms with Gasteiger partial charge in [0, 0.05) is 0 Å². The average molecular weight is 310 g/mol. The Morgan fingerprint density at radius 2 is 1.48 bits per heavy atom. The number of esters is 1. The third-order valence-electron chi connectivity index (χ3n) is 3.80. The summed E-state index contributed by atoms with van der Waals surface area (Å²) in [6.07, 6.45) is 2.17. The lowest BCUT2D eigenvalue weighted by Gasteiger charge is -2.13. The fourth-order valence-corrected chi connectivity index (χ4v) is 2.47. The number of rotatable bonds is 8. The number of carbonyl (C=O) groups is 2. The summed E-state index contributed by atoms with van der Waals surface area (Å²) >= 11 is 0. The molecule has 2 aromatic rings. The van der Waals surface area contributed by atoms with Crippen LogP contribution >= 0.6 is 0 Å². The number of benzene rings is 2. The summed E-state index contributed by atoms with van der Waals surface area (Å²) in [5, 5.41) is 0. The lowest BCUT2D eigenvalue weighted by atomic mass is 9.96. The summed E-state index contributed by atoms with van der Waals surface area (Å²) in [6, 6.07) is 19.6. The molecular formula is C20H22O3. The molecule has 0 aromatic heterocycles. The number of hydrogen-bond acceptors (Lipinski definition) is 3. The van der Waals surface area contributed by atoms with Crippen molar-refractivity contribution in [2.75, 3.05) is 0 Å². The van der Waals surface area contributed by atoms with E-state index < -0.39 is 11.9 Å². The quantitative estimate of drug-likeness (QED) is 0.547. The van der Waals surface area contributed by atoms with Gasteiger partial charge in [0.2, 0.25) is 0 Å². The van der Waals surface area contributed by atoms with Gasteiger partial charge in [0.25, 0.3) is 0 Å². The number of Topliss-reactive ketones (excluding diaryl/α,β-unsaturated/α-hetero) is 1. The largest absolute Gasteiger partial charge is 0.460 e. The van der Waals surface area contributed by atoms with Crippen LogP contribution in [0.3, 0.4) is 0 Å². The monoisotopic (exact) mass is 310 g/mol. The Kier molecular flexibility index (Phi) is 6.55. The van der Waals surface area contributed by atoms with E-state index in [9.17, 15) is 9.59 Å². The van der Waals surface area contributed by atoms with Crippen LogP contribution in [0.15, 0.2) is 60.7 Å². The Morgan fingerprint density at radius 1 is 0.913 bits per heavy atom. The topological polar surface area (TPSA) is 43.4 Å². The zero-order chi connectivity index (χ0) is 16.5. The fourth-order valence-electron chi connectivity index (χ4n) is 2.47. The van der Waals surface area contributed by atoms with Crippen molar-refractivity contribution >= 4 is 11.8 Å². The van der Waals surface area contributed by atoms with Crippen LogP contribution in [0.1, 0.15) is 30.9 Å². The molecule has 1 atom stereocenters. The van der Waals surface area contributed by atoms with Gasteiger partial charge < -0.3 is 4.74 Å². The molecule has 0 saturated heterocycles. The van der Waals surface area contributed by atoms with Crippen molar-refractivity contribution in [3.8, 4) is 0 Å². The van der Waals surface area contributed by atoms with Gasteiger partial charge in [-0.3, -0.25) is 9.59 Å². The normalized spacial score (nSPS) is 11.7. The van der Waals surface area contributed by atoms with Gasteiger partial charge >= 0.3 is 5.97 Å². The molecule has 0 fully saturated rings. The van der Waals surface area contributed by atoms with Crippen LogP contribution < -0.4 is 0 Å². The Hall–Kier alpha value is -2.42. The summed E-state index contributed by atoms with van der Waals surface area (Å²) in [5.74, 6) is -1.21. The molecule has 0 N–H and O–H groups in total. The smallest absolute Gasteiger partial charge is 0.316 e. The minimum absolute atomic E-state index is 0.129. The summed E-state index contributed by atoms with van der Waals surface area (Å²) < 4.78 is 5.29. The van der Waals surface area contributed by atoms with Crippen molar-refractivity contribution < 1.29 is 14.3 Å². The van der Waals surface area contributed by atoms with Crippen LogP contribution in [0.2, 0.25) is 0 Å². The van der Waals surface area contributed by atoms with E-state index in [1.807, 2.05) is 48.5 Å². The predicted octanol–water partition coefficient (Wildman–Crippen LogP) is 3.96. The van der Waals surface area contributed by atoms with Crippen LogP contribution in [0.5, 0.6) is 0 Å². The van der Waals surface area contributed by atoms with Gasteiger partial charge in [0.1, 0.15) is 18.3 Å². The number of ketones is 1. The lowest BCUT2D eigenvalue weighted by molar-refractivity contribution is -0.153. The van der Waals surface area contributed by atoms with Gasteiger partial charge in [-0.25, -0.2) is 0 Å². The molecule has 0 heterocycles. The van der Waals surface area contributed by atoms with E-state index in [2.05, 4.69) is 12.1 Å². The van der Waals surface area contributed by atoms with Gasteiger partial charge in [-0.1, -0.05) is 60.7 Å². The van der Waals surface area contributed by atoms with E-state index in [4.69, 9.17) is 4.74 Å². The highest BCUT2D eigenvalue weighted by molar-refractivity contribution is 5.97. The maximum atomic E-state index is 12.2. The lowest BCUT2D eigenvalue weighted by Crippen LogP contribution is -2.24. The number of aryl methyl sites for hydroxylation is 1. The minimum atomic E-state index is -0.664. The molecule has 1 unspecified atom stereocenters. The summed E-state index contributed by atoms with van der Waals surface area (Å²) in [7, 11) is 0. The summed E-state index contributed by atoms with van der Waals surface area (Å²) in [5.41, 5.74) is 2.14. The van der Waals surface area contributed by atoms with Crippen LogP contribution in [0.4, 0.5) is 0 Å². The third-order valence-corrected chi connectivity index (χ3v) is 3.80. The van der Waals surface area contributed by atoms with Gasteiger partial charge in [0.15, 0.2) is 0 Å². The standard InChI is InChI=1S/C20H22O3/c1-16(21)19(14-8-13-17-9-4-2-5-10-17)20(22)23-15-18-11-6-3-7-12-18/h2-7,9-12,19H,8,13-15H2,1H3. The molecule has 23 heavy (non-hydrogen) atoms. The zero-order valence-corrected chi connectivity index (χ0v) is 13.4. The first kappa shape index (κ1) is 16.9. The molecule has 0 aliphatic carbocycles. The molecule has 120 valence electrons. The van der Waals surface area contributed by atoms with Crippen LogP contribution in [0.25, 0.3) is 0 Å². The average Bonchev–Trinajstić information content (AvgIpc) is 2.58. The van der Waals surface area contributed by atoms with Crippen molar-refractivity contribution in [3.63, 3.8) is 0 Å². The van der Waals surface area contributed by atoms with Crippen molar-refractivity contribution in [2.45, 2.75) is 32.8 Å². The van der Waals surface area contributed by atoms with E-state index in [0.29, 0.717) is 6.42 Å². The van der Waals surface area contributed by atoms with Gasteiger partial charge in [-0.05, 0) is 37.3 Å². The van der Waals surface area contributed by atoms with Crippen molar-refractivity contribution in [1.82, 2.24) is 0 Å². The second-order valence-corrected chi connectivity index (χ2v) is 5.63. The number of carbonyl (C=O) groups excluding carboxylic acids is 2. The van der Waals surface area contributed by atoms with Crippen molar-refractivity contribution in [2.24, 2.45) is 5.92 Å². The van der Waals surface area contributed by atoms with Gasteiger partial charge in [0.05, 0.1) is 0 Å². The molecule has 2 rings (SSSR count). The minimum Gasteiger partial charge on any atom is -0.460 e. The fraction of sp³-hybridized carbons (Fsp3) is 0.300. The molecule has 0 aliphatic heterocycles. The predicted molar refractivity (Wildman–Crippen MR) is 89.8 cm³/mol. The summed E-state index contributed by atoms with van der Waals surface area (Å²) in [6.45, 7) is 1.67. The molecular weight excluding hydrogens is 288 g/mol. The Balaban J connectivity index is 1.82. The van der Waals surface area contributed by atoms with E-state index in [1.54, 1.807) is 0 Å². The van der Waals surface area contributed by atoms with E-state index >= 15 is 0 Å². The highest BCUT2D eigenvalue weighted by Crippen LogP contribution is 2.15. The molecule has 0 aliphatic rings. The first-order chi connectivity index (χ1) is 11.2. The first-order valence-corrected chi connectivity index (χ1v) is 7.92. The van der Waals surface area contributed by atoms with Crippen molar-refractivity contribution in [3.05, 3.63) is 71.8 Å². The second-order valence-electron chi connectivity index (χ2n) is 5.63. The number of hydrogen-bond donors (Lipinski definition) is 0. The Morgan fingerprint density at radius 3 is 2.04 bits per heavy atom. The van der Waals surface area contributed by atoms with E-state index in [-0.39, 0.29) is 12.4 Å². The molecule has 0 saturated carbocycles. The highest BCUT2D eigenvalue weighted by atomic mass is 16.5. The van der Waals surface area contributed by atoms with Crippen LogP contribution in [-0.2, 0) is 27.4 Å². The maximum absolute atomic E-state index is 12.2. The molecule has 3 heteroatoms. The van der Waals surface area contributed by atoms with Crippen LogP contribution in [0, 0.1) is 5.92 Å². The van der Waals surface area contributed by atoms with Crippen molar-refractivity contribution in [1.29, 1.82) is 0 Å². The summed E-state index contributed by atoms with van der Waals surface area (Å²) in [4.78, 5) is 23.9. The highest BCUT2D eigenvalue weighted by Gasteiger charge is 2.24. The molecule has 3 nitrogen and oxygen atoms in total. The molecule has 0 bridgehead atoms. The molecule has 2 aromatic carbocycles. The first-order valence-electron chi connectivity index (χ1n) is 7.92. The molecule has 0 radical (unpaired) electrons. The van der Waals surface area contributed by atoms with Crippen LogP contribution in [-0.4, -0.2) is 11.8 Å². The third kappa shape index (κ3) is 5.70. The molecule has 0 spiro atoms. The van der Waals surface area contributed by atoms with Gasteiger partial charge in [-0.2, -0.15) is 0 Å². The maximum Gasteiger partial charge on any atom is 0.316 e. The Labute approximate surface area is 137 Å². The van der Waals surface area contributed by atoms with E-state index in [1.165, 1.54) is 12.5 Å². The van der Waals surface area contributed by atoms with E-state index in [0.717, 1.165) is 18.4 Å². The second kappa shape index (κ2) is 8.89. The molecule has 0 amide bonds. The Bertz CT molecular complexity index is 620. The van der Waals surface area contributed by atoms with Gasteiger partial charge in [-0.15, -0.1) is 0 Å².